The van der Waals surface area contributed by atoms with E-state index in [0.29, 0.717) is 4.99 Å². The zero-order valence-electron chi connectivity index (χ0n) is 10.4. The van der Waals surface area contributed by atoms with Crippen LogP contribution in [0.4, 0.5) is 5.82 Å². The molecule has 2 rings (SSSR count). The van der Waals surface area contributed by atoms with E-state index in [9.17, 15) is 0 Å². The maximum Gasteiger partial charge on any atom is 0.136 e. The van der Waals surface area contributed by atoms with E-state index in [2.05, 4.69) is 10.3 Å². The van der Waals surface area contributed by atoms with Gasteiger partial charge in [-0.15, -0.1) is 11.3 Å². The molecule has 0 unspecified atom stereocenters. The molecule has 0 aliphatic heterocycles. The SMILES string of the molecule is Cc1ccc(C(N)=S)c(NCCc2ccc(Cl)s2)n1. The highest BCUT2D eigenvalue weighted by molar-refractivity contribution is 7.80. The zero-order valence-corrected chi connectivity index (χ0v) is 12.8. The molecule has 0 aromatic carbocycles. The maximum atomic E-state index is 5.90. The van der Waals surface area contributed by atoms with Crippen molar-refractivity contribution in [2.45, 2.75) is 13.3 Å². The Hall–Kier alpha value is -1.17. The maximum absolute atomic E-state index is 5.90. The van der Waals surface area contributed by atoms with Gasteiger partial charge in [0.25, 0.3) is 0 Å². The zero-order chi connectivity index (χ0) is 13.8. The van der Waals surface area contributed by atoms with Gasteiger partial charge in [-0.3, -0.25) is 0 Å². The summed E-state index contributed by atoms with van der Waals surface area (Å²) in [7, 11) is 0. The number of thiophene rings is 1. The quantitative estimate of drug-likeness (QED) is 0.831. The Morgan fingerprint density at radius 1 is 1.42 bits per heavy atom. The molecule has 2 aromatic heterocycles. The molecule has 0 amide bonds. The van der Waals surface area contributed by atoms with Crippen LogP contribution in [-0.2, 0) is 6.42 Å². The van der Waals surface area contributed by atoms with Gasteiger partial charge in [-0.2, -0.15) is 0 Å². The molecule has 0 saturated heterocycles. The third-order valence-corrected chi connectivity index (χ3v) is 4.10. The van der Waals surface area contributed by atoms with E-state index in [1.54, 1.807) is 11.3 Å². The minimum absolute atomic E-state index is 0.356. The highest BCUT2D eigenvalue weighted by Gasteiger charge is 2.07. The van der Waals surface area contributed by atoms with Crippen molar-refractivity contribution < 1.29 is 0 Å². The van der Waals surface area contributed by atoms with Gasteiger partial charge < -0.3 is 11.1 Å². The van der Waals surface area contributed by atoms with Crippen molar-refractivity contribution >= 4 is 46.0 Å². The molecule has 19 heavy (non-hydrogen) atoms. The van der Waals surface area contributed by atoms with Crippen LogP contribution in [0.1, 0.15) is 16.1 Å². The van der Waals surface area contributed by atoms with Gasteiger partial charge >= 0.3 is 0 Å². The van der Waals surface area contributed by atoms with Gasteiger partial charge in [0.2, 0.25) is 0 Å². The molecule has 0 aliphatic rings. The van der Waals surface area contributed by atoms with Crippen LogP contribution in [-0.4, -0.2) is 16.5 Å². The summed E-state index contributed by atoms with van der Waals surface area (Å²) in [6, 6.07) is 7.74. The predicted molar refractivity (Wildman–Crippen MR) is 86.4 cm³/mol. The normalized spacial score (nSPS) is 10.4. The molecule has 0 saturated carbocycles. The summed E-state index contributed by atoms with van der Waals surface area (Å²) in [6.45, 7) is 2.70. The third kappa shape index (κ3) is 3.89. The standard InChI is InChI=1S/C13H14ClN3S2/c1-8-2-4-10(12(15)18)13(17-8)16-7-6-9-3-5-11(14)19-9/h2-5H,6-7H2,1H3,(H2,15,18)(H,16,17). The molecule has 0 spiro atoms. The van der Waals surface area contributed by atoms with E-state index in [1.165, 1.54) is 4.88 Å². The molecular weight excluding hydrogens is 298 g/mol. The number of hydrogen-bond donors (Lipinski definition) is 2. The van der Waals surface area contributed by atoms with Gasteiger partial charge in [0.1, 0.15) is 10.8 Å². The van der Waals surface area contributed by atoms with Gasteiger partial charge in [-0.25, -0.2) is 4.98 Å². The summed E-state index contributed by atoms with van der Waals surface area (Å²) in [5.74, 6) is 0.746. The van der Waals surface area contributed by atoms with Crippen molar-refractivity contribution in [2.75, 3.05) is 11.9 Å². The van der Waals surface area contributed by atoms with Crippen molar-refractivity contribution in [1.29, 1.82) is 0 Å². The lowest BCUT2D eigenvalue weighted by Gasteiger charge is -2.10. The monoisotopic (exact) mass is 311 g/mol. The van der Waals surface area contributed by atoms with E-state index in [1.807, 2.05) is 31.2 Å². The second-order valence-corrected chi connectivity index (χ2v) is 6.34. The number of nitrogens with two attached hydrogens (primary N) is 1. The second-order valence-electron chi connectivity index (χ2n) is 4.10. The number of pyridine rings is 1. The largest absolute Gasteiger partial charge is 0.389 e. The first kappa shape index (κ1) is 14.2. The molecule has 3 nitrogen and oxygen atoms in total. The Bertz CT molecular complexity index is 595. The van der Waals surface area contributed by atoms with Crippen molar-refractivity contribution in [1.82, 2.24) is 4.98 Å². The van der Waals surface area contributed by atoms with E-state index in [0.717, 1.165) is 34.4 Å². The number of hydrogen-bond acceptors (Lipinski definition) is 4. The van der Waals surface area contributed by atoms with Crippen molar-refractivity contribution in [3.63, 3.8) is 0 Å². The van der Waals surface area contributed by atoms with Gasteiger partial charge in [0.05, 0.1) is 9.90 Å². The lowest BCUT2D eigenvalue weighted by molar-refractivity contribution is 1.02. The molecule has 0 radical (unpaired) electrons. The highest BCUT2D eigenvalue weighted by Crippen LogP contribution is 2.22. The second kappa shape index (κ2) is 6.32. The van der Waals surface area contributed by atoms with Crippen molar-refractivity contribution in [3.8, 4) is 0 Å². The average molecular weight is 312 g/mol. The Morgan fingerprint density at radius 2 is 2.21 bits per heavy atom. The highest BCUT2D eigenvalue weighted by atomic mass is 35.5. The summed E-state index contributed by atoms with van der Waals surface area (Å²) >= 11 is 12.5. The van der Waals surface area contributed by atoms with Crippen molar-refractivity contribution in [3.05, 3.63) is 44.7 Å². The summed E-state index contributed by atoms with van der Waals surface area (Å²) < 4.78 is 0.813. The molecule has 0 bridgehead atoms. The topological polar surface area (TPSA) is 50.9 Å². The Kier molecular flexibility index (Phi) is 4.74. The summed E-state index contributed by atoms with van der Waals surface area (Å²) in [5, 5.41) is 3.28. The van der Waals surface area contributed by atoms with Gasteiger partial charge in [0.15, 0.2) is 0 Å². The van der Waals surface area contributed by atoms with Gasteiger partial charge in [-0.1, -0.05) is 23.8 Å². The first-order valence-corrected chi connectivity index (χ1v) is 7.42. The van der Waals surface area contributed by atoms with Crippen LogP contribution >= 0.6 is 35.2 Å². The number of thiocarbonyl (C=S) groups is 1. The minimum Gasteiger partial charge on any atom is -0.389 e. The smallest absolute Gasteiger partial charge is 0.136 e. The van der Waals surface area contributed by atoms with Crippen LogP contribution in [0.5, 0.6) is 0 Å². The first-order chi connectivity index (χ1) is 9.06. The van der Waals surface area contributed by atoms with Gasteiger partial charge in [0, 0.05) is 17.1 Å². The molecule has 3 N–H and O–H groups in total. The van der Waals surface area contributed by atoms with E-state index in [4.69, 9.17) is 29.6 Å². The van der Waals surface area contributed by atoms with Crippen molar-refractivity contribution in [2.24, 2.45) is 5.73 Å². The van der Waals surface area contributed by atoms with E-state index < -0.39 is 0 Å². The molecule has 100 valence electrons. The minimum atomic E-state index is 0.356. The lowest BCUT2D eigenvalue weighted by Crippen LogP contribution is -2.16. The number of aryl methyl sites for hydroxylation is 1. The van der Waals surface area contributed by atoms with Crippen LogP contribution in [0.15, 0.2) is 24.3 Å². The number of anilines is 1. The molecule has 6 heteroatoms. The first-order valence-electron chi connectivity index (χ1n) is 5.82. The Morgan fingerprint density at radius 3 is 2.84 bits per heavy atom. The average Bonchev–Trinajstić information content (AvgIpc) is 2.75. The number of halogens is 1. The summed E-state index contributed by atoms with van der Waals surface area (Å²) in [4.78, 5) is 6.02. The number of nitrogens with one attached hydrogen (secondary N) is 1. The molecule has 0 atom stereocenters. The molecule has 2 aromatic rings. The van der Waals surface area contributed by atoms with E-state index >= 15 is 0 Å². The molecule has 0 aliphatic carbocycles. The van der Waals surface area contributed by atoms with E-state index in [-0.39, 0.29) is 0 Å². The molecule has 0 fully saturated rings. The molecular formula is C13H14ClN3S2. The number of aromatic nitrogens is 1. The predicted octanol–water partition coefficient (Wildman–Crippen LogP) is 3.39. The van der Waals surface area contributed by atoms with Crippen LogP contribution in [0, 0.1) is 6.92 Å². The van der Waals surface area contributed by atoms with Crippen LogP contribution < -0.4 is 11.1 Å². The summed E-state index contributed by atoms with van der Waals surface area (Å²) in [6.07, 6.45) is 0.893. The molecule has 2 heterocycles. The number of rotatable bonds is 5. The fourth-order valence-electron chi connectivity index (χ4n) is 1.68. The number of nitrogens with zero attached hydrogens (tertiary/aromatic N) is 1. The van der Waals surface area contributed by atoms with Gasteiger partial charge in [-0.05, 0) is 37.6 Å². The Labute approximate surface area is 126 Å². The lowest BCUT2D eigenvalue weighted by atomic mass is 10.2. The van der Waals surface area contributed by atoms with Crippen LogP contribution in [0.2, 0.25) is 4.34 Å². The van der Waals surface area contributed by atoms with Crippen LogP contribution in [0.25, 0.3) is 0 Å². The fraction of sp³-hybridized carbons (Fsp3) is 0.231. The Balaban J connectivity index is 2.02. The fourth-order valence-corrected chi connectivity index (χ4v) is 2.93. The third-order valence-electron chi connectivity index (χ3n) is 2.59. The summed E-state index contributed by atoms with van der Waals surface area (Å²) in [5.41, 5.74) is 7.40. The van der Waals surface area contributed by atoms with Crippen LogP contribution in [0.3, 0.4) is 0 Å².